The molecule has 0 aromatic heterocycles. The molecule has 458 valence electrons. The van der Waals surface area contributed by atoms with Crippen molar-refractivity contribution in [2.45, 2.75) is 167 Å². The van der Waals surface area contributed by atoms with Gasteiger partial charge in [0.15, 0.2) is 18.5 Å². The summed E-state index contributed by atoms with van der Waals surface area (Å²) in [7, 11) is 3.19. The Hall–Kier alpha value is -4.40. The number of guanidine groups is 1. The quantitative estimate of drug-likeness (QED) is 0.0250. The van der Waals surface area contributed by atoms with Gasteiger partial charge in [0.2, 0.25) is 5.91 Å². The molecule has 11 N–H and O–H groups in total. The van der Waals surface area contributed by atoms with Crippen molar-refractivity contribution in [3.8, 4) is 0 Å². The average Bonchev–Trinajstić information content (AvgIpc) is 3.38. The molecule has 2 saturated heterocycles. The molecule has 1 unspecified atom stereocenters. The van der Waals surface area contributed by atoms with Crippen molar-refractivity contribution in [2.75, 3.05) is 47.0 Å². The lowest BCUT2D eigenvalue weighted by atomic mass is 9.87. The largest absolute Gasteiger partial charge is 0.460 e. The van der Waals surface area contributed by atoms with Crippen LogP contribution in [0.3, 0.4) is 0 Å². The SMILES string of the molecule is CN(C)C(N)=NCCC[C@H](NC(=O)OCc1ccc(CCC(F)(F)C(F)(F)C(F)(F)C(F)(F)C(F)(F)C(F)(F)C(F)(F)C(F)(F)F)cc1)C(=O)NCCCCCOC1O[C@H](CO)[C@@H](O[C@H]2O[C@H](CO)[C@@H](O)[C@H](O)[C@H]2O)[C@H](O)[C@H]1O. The van der Waals surface area contributed by atoms with Gasteiger partial charge in [-0.2, -0.15) is 74.6 Å². The molecule has 0 bridgehead atoms. The summed E-state index contributed by atoms with van der Waals surface area (Å²) < 4.78 is 259. The average molecular weight is 1190 g/mol. The highest BCUT2D eigenvalue weighted by molar-refractivity contribution is 5.85. The molecule has 0 aliphatic carbocycles. The molecule has 0 saturated carbocycles. The van der Waals surface area contributed by atoms with Crippen molar-refractivity contribution >= 4 is 18.0 Å². The Labute approximate surface area is 436 Å². The minimum Gasteiger partial charge on any atom is -0.445 e. The van der Waals surface area contributed by atoms with E-state index in [2.05, 4.69) is 15.6 Å². The van der Waals surface area contributed by atoms with E-state index in [1.54, 1.807) is 14.1 Å². The van der Waals surface area contributed by atoms with Gasteiger partial charge in [-0.25, -0.2) is 4.79 Å². The minimum absolute atomic E-state index is 0.00909. The van der Waals surface area contributed by atoms with Crippen molar-refractivity contribution in [1.29, 1.82) is 0 Å². The Morgan fingerprint density at radius 2 is 1.19 bits per heavy atom. The fraction of sp³-hybridized carbons (Fsp3) is 0.791. The zero-order valence-corrected chi connectivity index (χ0v) is 41.2. The molecular formula is C43H58F17N5O14. The summed E-state index contributed by atoms with van der Waals surface area (Å²) in [5, 5.41) is 76.0. The third-order valence-electron chi connectivity index (χ3n) is 12.3. The van der Waals surface area contributed by atoms with Gasteiger partial charge in [0.1, 0.15) is 61.5 Å². The summed E-state index contributed by atoms with van der Waals surface area (Å²) in [5.74, 6) is -57.7. The number of aryl methyl sites for hydroxylation is 1. The van der Waals surface area contributed by atoms with Crippen LogP contribution in [0.15, 0.2) is 29.3 Å². The number of unbranched alkanes of at least 4 members (excludes halogenated alkanes) is 2. The van der Waals surface area contributed by atoms with Crippen LogP contribution in [0.2, 0.25) is 0 Å². The zero-order valence-electron chi connectivity index (χ0n) is 41.2. The maximum Gasteiger partial charge on any atom is 0.460 e. The van der Waals surface area contributed by atoms with E-state index in [1.165, 1.54) is 4.90 Å². The predicted octanol–water partition coefficient (Wildman–Crippen LogP) is 2.81. The van der Waals surface area contributed by atoms with Gasteiger partial charge in [-0.15, -0.1) is 0 Å². The van der Waals surface area contributed by atoms with Crippen molar-refractivity contribution < 1.29 is 144 Å². The molecule has 2 aliphatic rings. The van der Waals surface area contributed by atoms with Crippen molar-refractivity contribution in [3.63, 3.8) is 0 Å². The maximum atomic E-state index is 14.5. The second kappa shape index (κ2) is 27.1. The number of alkyl carbamates (subject to hydrolysis) is 1. The first-order valence-electron chi connectivity index (χ1n) is 23.4. The summed E-state index contributed by atoms with van der Waals surface area (Å²) in [4.78, 5) is 31.6. The standard InChI is InChI=1S/C43H58F17N5O14/c1-65(2)34(61)63-15-6-7-22(31(73)62-14-4-3-5-16-75-32-29(72)27(70)30(24(18-67)78-32)79-33-28(71)26(69)25(68)23(17-66)77-33)64-35(74)76-19-21-10-8-20(9-11-21)12-13-36(44,45)37(46,47)38(48,49)39(50,51)40(52,53)41(54,55)42(56,57)43(58,59)60/h8-11,22-30,32-33,66-72H,3-7,12-19H2,1-2H3,(H2,61,63)(H,62,73)(H,64,74)/t22-,23+,24+,25+,26-,27+,28+,29+,30+,32?,33+/m0/s1. The van der Waals surface area contributed by atoms with E-state index in [0.29, 0.717) is 6.42 Å². The van der Waals surface area contributed by atoms with Gasteiger partial charge < -0.3 is 80.7 Å². The van der Waals surface area contributed by atoms with Crippen LogP contribution in [-0.4, -0.2) is 221 Å². The van der Waals surface area contributed by atoms with E-state index < -0.39 is 165 Å². The zero-order chi connectivity index (χ0) is 60.5. The highest BCUT2D eigenvalue weighted by Crippen LogP contribution is 2.64. The van der Waals surface area contributed by atoms with E-state index >= 15 is 0 Å². The van der Waals surface area contributed by atoms with Gasteiger partial charge in [0.25, 0.3) is 0 Å². The lowest BCUT2D eigenvalue weighted by Gasteiger charge is -2.45. The van der Waals surface area contributed by atoms with Crippen LogP contribution >= 0.6 is 0 Å². The number of nitrogens with two attached hydrogens (primary N) is 1. The number of benzene rings is 1. The molecule has 2 heterocycles. The third-order valence-corrected chi connectivity index (χ3v) is 12.3. The normalized spacial score (nSPS) is 25.7. The van der Waals surface area contributed by atoms with Gasteiger partial charge >= 0.3 is 53.7 Å². The Bertz CT molecular complexity index is 2130. The van der Waals surface area contributed by atoms with Crippen LogP contribution in [0.1, 0.15) is 49.7 Å². The van der Waals surface area contributed by atoms with E-state index in [4.69, 9.17) is 29.4 Å². The number of carbonyl (C=O) groups excluding carboxylic acids is 2. The van der Waals surface area contributed by atoms with Crippen LogP contribution < -0.4 is 16.4 Å². The van der Waals surface area contributed by atoms with E-state index in [1.807, 2.05) is 0 Å². The monoisotopic (exact) mass is 1190 g/mol. The number of nitrogens with zero attached hydrogens (tertiary/aromatic N) is 2. The smallest absolute Gasteiger partial charge is 0.445 e. The second-order valence-electron chi connectivity index (χ2n) is 18.2. The molecular weight excluding hydrogens is 1130 g/mol. The number of amides is 2. The van der Waals surface area contributed by atoms with Crippen molar-refractivity contribution in [1.82, 2.24) is 15.5 Å². The van der Waals surface area contributed by atoms with Crippen LogP contribution in [0.5, 0.6) is 0 Å². The number of aliphatic hydroxyl groups excluding tert-OH is 7. The first-order valence-corrected chi connectivity index (χ1v) is 23.4. The maximum absolute atomic E-state index is 14.5. The number of hydrogen-bond acceptors (Lipinski definition) is 15. The van der Waals surface area contributed by atoms with E-state index in [9.17, 15) is 120 Å². The summed E-state index contributed by atoms with van der Waals surface area (Å²) in [6.45, 7) is -2.32. The number of carbonyl (C=O) groups is 2. The number of aliphatic imine (C=N–C) groups is 1. The fourth-order valence-electron chi connectivity index (χ4n) is 7.32. The number of halogens is 17. The molecule has 3 rings (SSSR count). The van der Waals surface area contributed by atoms with Crippen LogP contribution in [0.4, 0.5) is 79.4 Å². The molecule has 0 spiro atoms. The third kappa shape index (κ3) is 15.4. The molecule has 0 radical (unpaired) electrons. The van der Waals surface area contributed by atoms with E-state index in [0.717, 1.165) is 24.3 Å². The number of ether oxygens (including phenoxy) is 5. The Morgan fingerprint density at radius 1 is 0.671 bits per heavy atom. The fourth-order valence-corrected chi connectivity index (χ4v) is 7.32. The van der Waals surface area contributed by atoms with Crippen molar-refractivity contribution in [3.05, 3.63) is 35.4 Å². The molecule has 2 amide bonds. The number of alkyl halides is 17. The molecule has 79 heavy (non-hydrogen) atoms. The van der Waals surface area contributed by atoms with Gasteiger partial charge in [-0.3, -0.25) is 9.79 Å². The highest BCUT2D eigenvalue weighted by atomic mass is 19.4. The predicted molar refractivity (Wildman–Crippen MR) is 231 cm³/mol. The lowest BCUT2D eigenvalue weighted by Crippen LogP contribution is -2.74. The number of aliphatic hydroxyl groups is 7. The molecule has 1 aromatic rings. The van der Waals surface area contributed by atoms with Gasteiger partial charge in [0, 0.05) is 40.2 Å². The first-order chi connectivity index (χ1) is 36.2. The van der Waals surface area contributed by atoms with E-state index in [-0.39, 0.29) is 56.9 Å². The highest BCUT2D eigenvalue weighted by Gasteiger charge is 2.95. The van der Waals surface area contributed by atoms with Gasteiger partial charge in [-0.05, 0) is 49.7 Å². The summed E-state index contributed by atoms with van der Waals surface area (Å²) >= 11 is 0. The van der Waals surface area contributed by atoms with Gasteiger partial charge in [0.05, 0.1) is 13.2 Å². The molecule has 2 fully saturated rings. The minimum atomic E-state index is -8.73. The van der Waals surface area contributed by atoms with Crippen molar-refractivity contribution in [2.24, 2.45) is 10.7 Å². The van der Waals surface area contributed by atoms with Gasteiger partial charge in [-0.1, -0.05) is 24.3 Å². The Morgan fingerprint density at radius 3 is 1.73 bits per heavy atom. The number of rotatable bonds is 28. The second-order valence-corrected chi connectivity index (χ2v) is 18.2. The Balaban J connectivity index is 1.55. The molecule has 36 heteroatoms. The summed E-state index contributed by atoms with van der Waals surface area (Å²) in [6, 6.07) is 2.14. The van der Waals surface area contributed by atoms with Crippen LogP contribution in [-0.2, 0) is 41.5 Å². The summed E-state index contributed by atoms with van der Waals surface area (Å²) in [5.41, 5.74) is 5.20. The first kappa shape index (κ1) is 68.9. The van der Waals surface area contributed by atoms with Crippen LogP contribution in [0, 0.1) is 0 Å². The number of nitrogens with one attached hydrogen (secondary N) is 2. The molecule has 1 aromatic carbocycles. The molecule has 19 nitrogen and oxygen atoms in total. The molecule has 2 aliphatic heterocycles. The topological polar surface area (TPSA) is 288 Å². The Kier molecular flexibility index (Phi) is 23.6. The molecule has 11 atom stereocenters. The number of hydrogen-bond donors (Lipinski definition) is 10. The summed E-state index contributed by atoms with van der Waals surface area (Å²) in [6.07, 6.45) is -29.0. The van der Waals surface area contributed by atoms with Crippen LogP contribution in [0.25, 0.3) is 0 Å². The lowest BCUT2D eigenvalue weighted by molar-refractivity contribution is -0.461.